The highest BCUT2D eigenvalue weighted by molar-refractivity contribution is 5.90. The fourth-order valence-electron chi connectivity index (χ4n) is 2.08. The Labute approximate surface area is 104 Å². The van der Waals surface area contributed by atoms with Crippen molar-refractivity contribution in [2.75, 3.05) is 5.73 Å². The zero-order valence-electron chi connectivity index (χ0n) is 9.83. The lowest BCUT2D eigenvalue weighted by atomic mass is 10.2. The summed E-state index contributed by atoms with van der Waals surface area (Å²) >= 11 is 0. The number of nitrogen functional groups attached to an aromatic ring is 1. The average molecular weight is 237 g/mol. The standard InChI is InChI=1S/C13H11N5/c1-17-8-11(6-16-17)18-7-9(5-14)12-3-2-10(15)4-13(12)18/h2-4,6-8H,15H2,1H3. The SMILES string of the molecule is Cn1cc(-n2cc(C#N)c3ccc(N)cc32)cn1. The molecular weight excluding hydrogens is 226 g/mol. The molecule has 0 amide bonds. The van der Waals surface area contributed by atoms with Crippen LogP contribution in [0.25, 0.3) is 16.6 Å². The van der Waals surface area contributed by atoms with Crippen molar-refractivity contribution in [2.45, 2.75) is 0 Å². The molecular formula is C13H11N5. The molecule has 0 unspecified atom stereocenters. The molecule has 0 saturated heterocycles. The van der Waals surface area contributed by atoms with E-state index in [1.807, 2.05) is 29.9 Å². The summed E-state index contributed by atoms with van der Waals surface area (Å²) in [6.07, 6.45) is 5.45. The van der Waals surface area contributed by atoms with E-state index in [0.717, 1.165) is 16.6 Å². The van der Waals surface area contributed by atoms with E-state index in [0.29, 0.717) is 11.3 Å². The second-order valence-corrected chi connectivity index (χ2v) is 4.17. The quantitative estimate of drug-likeness (QED) is 0.656. The van der Waals surface area contributed by atoms with Crippen LogP contribution in [0.3, 0.4) is 0 Å². The van der Waals surface area contributed by atoms with Crippen molar-refractivity contribution in [1.82, 2.24) is 14.3 Å². The minimum atomic E-state index is 0.633. The Morgan fingerprint density at radius 3 is 2.83 bits per heavy atom. The first-order chi connectivity index (χ1) is 8.69. The van der Waals surface area contributed by atoms with Crippen LogP contribution in [0.1, 0.15) is 5.56 Å². The maximum Gasteiger partial charge on any atom is 0.101 e. The second-order valence-electron chi connectivity index (χ2n) is 4.17. The number of nitrogens with zero attached hydrogens (tertiary/aromatic N) is 4. The van der Waals surface area contributed by atoms with Crippen molar-refractivity contribution >= 4 is 16.6 Å². The summed E-state index contributed by atoms with van der Waals surface area (Å²) in [4.78, 5) is 0. The number of aromatic nitrogens is 3. The van der Waals surface area contributed by atoms with Gasteiger partial charge < -0.3 is 10.3 Å². The molecule has 0 atom stereocenters. The largest absolute Gasteiger partial charge is 0.399 e. The topological polar surface area (TPSA) is 72.6 Å². The van der Waals surface area contributed by atoms with Crippen molar-refractivity contribution in [3.63, 3.8) is 0 Å². The molecule has 5 nitrogen and oxygen atoms in total. The number of hydrogen-bond acceptors (Lipinski definition) is 3. The predicted octanol–water partition coefficient (Wildman–Crippen LogP) is 1.82. The van der Waals surface area contributed by atoms with Crippen LogP contribution in [0, 0.1) is 11.3 Å². The lowest BCUT2D eigenvalue weighted by molar-refractivity contribution is 0.767. The third-order valence-corrected chi connectivity index (χ3v) is 2.92. The van der Waals surface area contributed by atoms with Gasteiger partial charge in [0.1, 0.15) is 6.07 Å². The zero-order chi connectivity index (χ0) is 12.7. The van der Waals surface area contributed by atoms with E-state index in [9.17, 15) is 0 Å². The highest BCUT2D eigenvalue weighted by Crippen LogP contribution is 2.26. The molecule has 2 aromatic heterocycles. The van der Waals surface area contributed by atoms with Crippen LogP contribution in [-0.2, 0) is 7.05 Å². The summed E-state index contributed by atoms with van der Waals surface area (Å²) in [5.74, 6) is 0. The molecule has 1 aromatic carbocycles. The molecule has 3 aromatic rings. The Bertz CT molecular complexity index is 772. The molecule has 88 valence electrons. The van der Waals surface area contributed by atoms with Gasteiger partial charge in [-0.2, -0.15) is 10.4 Å². The van der Waals surface area contributed by atoms with Crippen LogP contribution in [0.15, 0.2) is 36.8 Å². The molecule has 3 rings (SSSR count). The van der Waals surface area contributed by atoms with Gasteiger partial charge in [-0.05, 0) is 18.2 Å². The van der Waals surface area contributed by atoms with Gasteiger partial charge in [0, 0.05) is 30.5 Å². The van der Waals surface area contributed by atoms with Crippen LogP contribution in [0.5, 0.6) is 0 Å². The Kier molecular flexibility index (Phi) is 2.10. The van der Waals surface area contributed by atoms with Gasteiger partial charge in [-0.3, -0.25) is 4.68 Å². The first-order valence-electron chi connectivity index (χ1n) is 5.49. The van der Waals surface area contributed by atoms with Gasteiger partial charge in [0.05, 0.1) is 23.0 Å². The monoisotopic (exact) mass is 237 g/mol. The third kappa shape index (κ3) is 1.44. The van der Waals surface area contributed by atoms with E-state index in [-0.39, 0.29) is 0 Å². The van der Waals surface area contributed by atoms with Crippen molar-refractivity contribution in [3.8, 4) is 11.8 Å². The third-order valence-electron chi connectivity index (χ3n) is 2.92. The molecule has 0 fully saturated rings. The first-order valence-corrected chi connectivity index (χ1v) is 5.49. The van der Waals surface area contributed by atoms with E-state index in [2.05, 4.69) is 11.2 Å². The summed E-state index contributed by atoms with van der Waals surface area (Å²) in [6.45, 7) is 0. The first kappa shape index (κ1) is 10.4. The van der Waals surface area contributed by atoms with E-state index in [1.54, 1.807) is 23.1 Å². The number of fused-ring (bicyclic) bond motifs is 1. The zero-order valence-corrected chi connectivity index (χ0v) is 9.83. The minimum absolute atomic E-state index is 0.633. The summed E-state index contributed by atoms with van der Waals surface area (Å²) < 4.78 is 3.65. The van der Waals surface area contributed by atoms with Crippen LogP contribution in [-0.4, -0.2) is 14.3 Å². The van der Waals surface area contributed by atoms with Crippen molar-refractivity contribution in [2.24, 2.45) is 7.05 Å². The molecule has 2 heterocycles. The van der Waals surface area contributed by atoms with Gasteiger partial charge in [-0.15, -0.1) is 0 Å². The normalized spacial score (nSPS) is 10.7. The number of anilines is 1. The lowest BCUT2D eigenvalue weighted by Gasteiger charge is -2.01. The van der Waals surface area contributed by atoms with E-state index in [1.165, 1.54) is 0 Å². The van der Waals surface area contributed by atoms with Gasteiger partial charge in [-0.1, -0.05) is 0 Å². The van der Waals surface area contributed by atoms with Crippen molar-refractivity contribution < 1.29 is 0 Å². The number of hydrogen-bond donors (Lipinski definition) is 1. The van der Waals surface area contributed by atoms with Gasteiger partial charge in [0.25, 0.3) is 0 Å². The molecule has 0 saturated carbocycles. The fraction of sp³-hybridized carbons (Fsp3) is 0.0769. The summed E-state index contributed by atoms with van der Waals surface area (Å²) in [6, 6.07) is 7.74. The number of rotatable bonds is 1. The predicted molar refractivity (Wildman–Crippen MR) is 69.2 cm³/mol. The van der Waals surface area contributed by atoms with Crippen LogP contribution >= 0.6 is 0 Å². The van der Waals surface area contributed by atoms with Crippen molar-refractivity contribution in [1.29, 1.82) is 5.26 Å². The summed E-state index contributed by atoms with van der Waals surface area (Å²) in [5.41, 5.74) is 8.95. The second kappa shape index (κ2) is 3.64. The van der Waals surface area contributed by atoms with Gasteiger partial charge in [-0.25, -0.2) is 0 Å². The molecule has 0 bridgehead atoms. The van der Waals surface area contributed by atoms with Crippen LogP contribution < -0.4 is 5.73 Å². The Morgan fingerprint density at radius 1 is 1.33 bits per heavy atom. The summed E-state index contributed by atoms with van der Waals surface area (Å²) in [5, 5.41) is 14.2. The van der Waals surface area contributed by atoms with E-state index in [4.69, 9.17) is 11.0 Å². The number of aryl methyl sites for hydroxylation is 1. The molecule has 2 N–H and O–H groups in total. The molecule has 0 radical (unpaired) electrons. The smallest absolute Gasteiger partial charge is 0.101 e. The maximum absolute atomic E-state index is 9.15. The Hall–Kier alpha value is -2.74. The lowest BCUT2D eigenvalue weighted by Crippen LogP contribution is -1.91. The molecule has 18 heavy (non-hydrogen) atoms. The fourth-order valence-corrected chi connectivity index (χ4v) is 2.08. The number of nitrogens with two attached hydrogens (primary N) is 1. The highest BCUT2D eigenvalue weighted by atomic mass is 15.3. The van der Waals surface area contributed by atoms with E-state index >= 15 is 0 Å². The molecule has 0 aliphatic heterocycles. The van der Waals surface area contributed by atoms with Crippen molar-refractivity contribution in [3.05, 3.63) is 42.4 Å². The molecule has 0 spiro atoms. The average Bonchev–Trinajstić information content (AvgIpc) is 2.92. The summed E-state index contributed by atoms with van der Waals surface area (Å²) in [7, 11) is 1.86. The molecule has 0 aliphatic carbocycles. The molecule has 0 aliphatic rings. The number of benzene rings is 1. The van der Waals surface area contributed by atoms with E-state index < -0.39 is 0 Å². The molecule has 5 heteroatoms. The minimum Gasteiger partial charge on any atom is -0.399 e. The van der Waals surface area contributed by atoms with Crippen LogP contribution in [0.2, 0.25) is 0 Å². The van der Waals surface area contributed by atoms with Gasteiger partial charge in [0.15, 0.2) is 0 Å². The number of nitriles is 1. The van der Waals surface area contributed by atoms with Crippen LogP contribution in [0.4, 0.5) is 5.69 Å². The highest BCUT2D eigenvalue weighted by Gasteiger charge is 2.10. The Morgan fingerprint density at radius 2 is 2.17 bits per heavy atom. The maximum atomic E-state index is 9.15. The van der Waals surface area contributed by atoms with Gasteiger partial charge >= 0.3 is 0 Å². The Balaban J connectivity index is 2.36. The van der Waals surface area contributed by atoms with Gasteiger partial charge in [0.2, 0.25) is 0 Å².